The Bertz CT molecular complexity index is 375. The quantitative estimate of drug-likeness (QED) is 0.692. The first kappa shape index (κ1) is 13.3. The molecule has 2 rings (SSSR count). The van der Waals surface area contributed by atoms with Gasteiger partial charge in [0.15, 0.2) is 5.79 Å². The molecular formula is C12H17NO5. The lowest BCUT2D eigenvalue weighted by Crippen LogP contribution is -2.33. The molecule has 0 spiro atoms. The molecule has 0 radical (unpaired) electrons. The third kappa shape index (κ3) is 2.64. The molecular weight excluding hydrogens is 238 g/mol. The molecule has 6 nitrogen and oxygen atoms in total. The summed E-state index contributed by atoms with van der Waals surface area (Å²) in [6.07, 6.45) is -1.05. The van der Waals surface area contributed by atoms with Gasteiger partial charge in [-0.05, 0) is 13.8 Å². The SMILES string of the molecule is CC(=O)OC[C@H]1O[C@H](CC#N)[C@@H]2OC(C)(C)O[C@@H]21. The molecule has 0 aliphatic carbocycles. The van der Waals surface area contributed by atoms with Crippen LogP contribution in [0.4, 0.5) is 0 Å². The summed E-state index contributed by atoms with van der Waals surface area (Å²) in [7, 11) is 0. The molecule has 2 heterocycles. The van der Waals surface area contributed by atoms with Gasteiger partial charge in [-0.2, -0.15) is 5.26 Å². The molecule has 18 heavy (non-hydrogen) atoms. The minimum atomic E-state index is -0.693. The van der Waals surface area contributed by atoms with Crippen LogP contribution in [-0.2, 0) is 23.7 Å². The van der Waals surface area contributed by atoms with Crippen LogP contribution in [0.15, 0.2) is 0 Å². The van der Waals surface area contributed by atoms with E-state index in [1.807, 2.05) is 13.8 Å². The topological polar surface area (TPSA) is 77.8 Å². The first-order chi connectivity index (χ1) is 8.43. The second-order valence-corrected chi connectivity index (χ2v) is 4.94. The lowest BCUT2D eigenvalue weighted by molar-refractivity contribution is -0.192. The average Bonchev–Trinajstić information content (AvgIpc) is 2.71. The van der Waals surface area contributed by atoms with Crippen LogP contribution in [0.5, 0.6) is 0 Å². The van der Waals surface area contributed by atoms with Crippen molar-refractivity contribution in [1.29, 1.82) is 5.26 Å². The zero-order valence-electron chi connectivity index (χ0n) is 10.7. The maximum absolute atomic E-state index is 10.8. The number of nitriles is 1. The summed E-state index contributed by atoms with van der Waals surface area (Å²) in [6.45, 7) is 5.10. The number of carbonyl (C=O) groups is 1. The lowest BCUT2D eigenvalue weighted by atomic mass is 10.1. The number of nitrogens with zero attached hydrogens (tertiary/aromatic N) is 1. The van der Waals surface area contributed by atoms with Crippen molar-refractivity contribution in [2.45, 2.75) is 57.4 Å². The molecule has 100 valence electrons. The van der Waals surface area contributed by atoms with Crippen LogP contribution < -0.4 is 0 Å². The van der Waals surface area contributed by atoms with Crippen molar-refractivity contribution in [3.8, 4) is 6.07 Å². The number of ether oxygens (including phenoxy) is 4. The molecule has 0 amide bonds. The van der Waals surface area contributed by atoms with E-state index < -0.39 is 5.79 Å². The van der Waals surface area contributed by atoms with E-state index in [1.54, 1.807) is 0 Å². The van der Waals surface area contributed by atoms with Crippen molar-refractivity contribution in [2.24, 2.45) is 0 Å². The van der Waals surface area contributed by atoms with Crippen molar-refractivity contribution < 1.29 is 23.7 Å². The Morgan fingerprint density at radius 2 is 1.94 bits per heavy atom. The smallest absolute Gasteiger partial charge is 0.302 e. The van der Waals surface area contributed by atoms with E-state index in [2.05, 4.69) is 6.07 Å². The summed E-state index contributed by atoms with van der Waals surface area (Å²) in [4.78, 5) is 10.8. The van der Waals surface area contributed by atoms with Crippen LogP contribution in [0.1, 0.15) is 27.2 Å². The summed E-state index contributed by atoms with van der Waals surface area (Å²) >= 11 is 0. The van der Waals surface area contributed by atoms with Crippen molar-refractivity contribution >= 4 is 5.97 Å². The second-order valence-electron chi connectivity index (χ2n) is 4.94. The number of rotatable bonds is 3. The highest BCUT2D eigenvalue weighted by Gasteiger charge is 2.55. The van der Waals surface area contributed by atoms with Gasteiger partial charge in [-0.3, -0.25) is 4.79 Å². The molecule has 0 aromatic heterocycles. The lowest BCUT2D eigenvalue weighted by Gasteiger charge is -2.23. The zero-order chi connectivity index (χ0) is 13.3. The molecule has 4 atom stereocenters. The van der Waals surface area contributed by atoms with E-state index in [-0.39, 0.29) is 43.4 Å². The van der Waals surface area contributed by atoms with E-state index >= 15 is 0 Å². The van der Waals surface area contributed by atoms with E-state index in [1.165, 1.54) is 6.92 Å². The fourth-order valence-electron chi connectivity index (χ4n) is 2.36. The fourth-order valence-corrected chi connectivity index (χ4v) is 2.36. The predicted octanol–water partition coefficient (Wildman–Crippen LogP) is 0.751. The second kappa shape index (κ2) is 4.84. The molecule has 0 aromatic rings. The molecule has 0 aromatic carbocycles. The van der Waals surface area contributed by atoms with Crippen LogP contribution >= 0.6 is 0 Å². The first-order valence-electron chi connectivity index (χ1n) is 5.94. The Morgan fingerprint density at radius 3 is 2.50 bits per heavy atom. The number of carbonyl (C=O) groups excluding carboxylic acids is 1. The van der Waals surface area contributed by atoms with Crippen molar-refractivity contribution in [3.63, 3.8) is 0 Å². The summed E-state index contributed by atoms with van der Waals surface area (Å²) < 4.78 is 22.1. The largest absolute Gasteiger partial charge is 0.463 e. The number of fused-ring (bicyclic) bond motifs is 1. The fraction of sp³-hybridized carbons (Fsp3) is 0.833. The Hall–Kier alpha value is -1.16. The van der Waals surface area contributed by atoms with Crippen molar-refractivity contribution in [3.05, 3.63) is 0 Å². The Labute approximate surface area is 106 Å². The van der Waals surface area contributed by atoms with Gasteiger partial charge in [0.25, 0.3) is 0 Å². The third-order valence-electron chi connectivity index (χ3n) is 2.99. The summed E-state index contributed by atoms with van der Waals surface area (Å²) in [5, 5.41) is 8.77. The number of hydrogen-bond donors (Lipinski definition) is 0. The van der Waals surface area contributed by atoms with Crippen LogP contribution in [-0.4, -0.2) is 42.8 Å². The highest BCUT2D eigenvalue weighted by Crippen LogP contribution is 2.39. The van der Waals surface area contributed by atoms with E-state index in [9.17, 15) is 4.79 Å². The third-order valence-corrected chi connectivity index (χ3v) is 2.99. The van der Waals surface area contributed by atoms with Crippen molar-refractivity contribution in [2.75, 3.05) is 6.61 Å². The molecule has 2 fully saturated rings. The van der Waals surface area contributed by atoms with Gasteiger partial charge in [0, 0.05) is 6.92 Å². The normalized spacial score (nSPS) is 37.0. The Kier molecular flexibility index (Phi) is 3.57. The van der Waals surface area contributed by atoms with Crippen LogP contribution in [0.25, 0.3) is 0 Å². The van der Waals surface area contributed by atoms with E-state index in [0.29, 0.717) is 0 Å². The Balaban J connectivity index is 2.05. The van der Waals surface area contributed by atoms with Gasteiger partial charge in [0.2, 0.25) is 0 Å². The molecule has 0 bridgehead atoms. The highest BCUT2D eigenvalue weighted by molar-refractivity contribution is 5.65. The molecule has 0 saturated carbocycles. The van der Waals surface area contributed by atoms with Gasteiger partial charge in [0.05, 0.1) is 12.5 Å². The van der Waals surface area contributed by atoms with E-state index in [4.69, 9.17) is 24.2 Å². The summed E-state index contributed by atoms with van der Waals surface area (Å²) in [5.74, 6) is -1.06. The molecule has 0 unspecified atom stereocenters. The zero-order valence-corrected chi connectivity index (χ0v) is 10.7. The van der Waals surface area contributed by atoms with Gasteiger partial charge in [-0.1, -0.05) is 0 Å². The molecule has 0 N–H and O–H groups in total. The van der Waals surface area contributed by atoms with Crippen LogP contribution in [0.3, 0.4) is 0 Å². The minimum absolute atomic E-state index is 0.123. The molecule has 2 aliphatic rings. The molecule has 2 saturated heterocycles. The van der Waals surface area contributed by atoms with E-state index in [0.717, 1.165) is 0 Å². The first-order valence-corrected chi connectivity index (χ1v) is 5.94. The van der Waals surface area contributed by atoms with Crippen LogP contribution in [0, 0.1) is 11.3 Å². The minimum Gasteiger partial charge on any atom is -0.463 e. The van der Waals surface area contributed by atoms with Crippen molar-refractivity contribution in [1.82, 2.24) is 0 Å². The summed E-state index contributed by atoms with van der Waals surface area (Å²) in [6, 6.07) is 2.07. The number of esters is 1. The van der Waals surface area contributed by atoms with Crippen LogP contribution in [0.2, 0.25) is 0 Å². The van der Waals surface area contributed by atoms with Gasteiger partial charge >= 0.3 is 5.97 Å². The molecule has 2 aliphatic heterocycles. The Morgan fingerprint density at radius 1 is 1.33 bits per heavy atom. The van der Waals surface area contributed by atoms with Gasteiger partial charge < -0.3 is 18.9 Å². The summed E-state index contributed by atoms with van der Waals surface area (Å²) in [5.41, 5.74) is 0. The standard InChI is InChI=1S/C12H17NO5/c1-7(14)15-6-9-11-10(8(16-9)4-5-13)17-12(2,3)18-11/h8-11H,4,6H2,1-3H3/t8-,9-,10+,11-/m1/s1. The van der Waals surface area contributed by atoms with Gasteiger partial charge in [-0.25, -0.2) is 0 Å². The average molecular weight is 255 g/mol. The maximum atomic E-state index is 10.8. The monoisotopic (exact) mass is 255 g/mol. The molecule has 6 heteroatoms. The number of hydrogen-bond acceptors (Lipinski definition) is 6. The van der Waals surface area contributed by atoms with Gasteiger partial charge in [0.1, 0.15) is 31.0 Å². The highest BCUT2D eigenvalue weighted by atomic mass is 16.8. The maximum Gasteiger partial charge on any atom is 0.302 e. The predicted molar refractivity (Wildman–Crippen MR) is 59.3 cm³/mol. The van der Waals surface area contributed by atoms with Gasteiger partial charge in [-0.15, -0.1) is 0 Å².